The lowest BCUT2D eigenvalue weighted by atomic mass is 10.3. The van der Waals surface area contributed by atoms with Gasteiger partial charge in [0.1, 0.15) is 6.54 Å². The molecule has 0 atom stereocenters. The van der Waals surface area contributed by atoms with Crippen LogP contribution in [0, 0.1) is 5.82 Å². The van der Waals surface area contributed by atoms with Crippen LogP contribution in [0.3, 0.4) is 0 Å². The van der Waals surface area contributed by atoms with E-state index in [1.165, 1.54) is 25.3 Å². The second-order valence-corrected chi connectivity index (χ2v) is 3.84. The number of benzene rings is 1. The number of carbonyl (C=O) groups excluding carboxylic acids is 1. The van der Waals surface area contributed by atoms with Gasteiger partial charge in [0.2, 0.25) is 0 Å². The Bertz CT molecular complexity index is 519. The lowest BCUT2D eigenvalue weighted by Gasteiger charge is -2.19. The molecule has 0 radical (unpaired) electrons. The number of hydrogen-bond acceptors (Lipinski definition) is 3. The van der Waals surface area contributed by atoms with E-state index in [1.807, 2.05) is 0 Å². The van der Waals surface area contributed by atoms with Crippen molar-refractivity contribution in [1.29, 1.82) is 0 Å². The van der Waals surface area contributed by atoms with E-state index in [-0.39, 0.29) is 12.3 Å². The number of carboxylic acid groups (broad SMARTS) is 1. The number of nitrogens with zero attached hydrogens (tertiary/aromatic N) is 1. The Morgan fingerprint density at radius 3 is 2.80 bits per heavy atom. The van der Waals surface area contributed by atoms with Crippen molar-refractivity contribution in [2.45, 2.75) is 0 Å². The number of halogens is 1. The molecule has 2 amide bonds. The van der Waals surface area contributed by atoms with E-state index in [0.29, 0.717) is 5.69 Å². The van der Waals surface area contributed by atoms with Gasteiger partial charge in [0, 0.05) is 18.3 Å². The molecule has 108 valence electrons. The Morgan fingerprint density at radius 1 is 1.55 bits per heavy atom. The molecule has 0 aliphatic carbocycles. The minimum atomic E-state index is -1.14. The maximum atomic E-state index is 13.2. The summed E-state index contributed by atoms with van der Waals surface area (Å²) in [4.78, 5) is 23.6. The Labute approximate surface area is 115 Å². The zero-order valence-corrected chi connectivity index (χ0v) is 10.9. The van der Waals surface area contributed by atoms with Crippen LogP contribution in [0.1, 0.15) is 0 Å². The van der Waals surface area contributed by atoms with Crippen molar-refractivity contribution in [3.05, 3.63) is 36.7 Å². The summed E-state index contributed by atoms with van der Waals surface area (Å²) in [6.45, 7) is 3.07. The summed E-state index contributed by atoms with van der Waals surface area (Å²) in [6.07, 6.45) is 1.41. The van der Waals surface area contributed by atoms with E-state index in [9.17, 15) is 14.0 Å². The molecule has 1 aromatic carbocycles. The van der Waals surface area contributed by atoms with Crippen molar-refractivity contribution in [1.82, 2.24) is 4.90 Å². The summed E-state index contributed by atoms with van der Waals surface area (Å²) in [5.41, 5.74) is 0.299. The first-order valence-corrected chi connectivity index (χ1v) is 5.70. The Balaban J connectivity index is 2.81. The number of anilines is 1. The molecule has 1 rings (SSSR count). The van der Waals surface area contributed by atoms with Crippen molar-refractivity contribution in [3.8, 4) is 5.75 Å². The van der Waals surface area contributed by atoms with Crippen molar-refractivity contribution in [2.24, 2.45) is 0 Å². The first-order valence-electron chi connectivity index (χ1n) is 5.70. The first kappa shape index (κ1) is 15.5. The van der Waals surface area contributed by atoms with E-state index >= 15 is 0 Å². The Kier molecular flexibility index (Phi) is 5.52. The summed E-state index contributed by atoms with van der Waals surface area (Å²) in [5, 5.41) is 11.2. The van der Waals surface area contributed by atoms with Crippen LogP contribution in [0.2, 0.25) is 0 Å². The van der Waals surface area contributed by atoms with Crippen molar-refractivity contribution >= 4 is 17.7 Å². The maximum Gasteiger partial charge on any atom is 0.323 e. The highest BCUT2D eigenvalue weighted by atomic mass is 19.1. The van der Waals surface area contributed by atoms with Crippen molar-refractivity contribution in [3.63, 3.8) is 0 Å². The highest BCUT2D eigenvalue weighted by molar-refractivity contribution is 5.91. The minimum Gasteiger partial charge on any atom is -0.494 e. The van der Waals surface area contributed by atoms with Gasteiger partial charge < -0.3 is 20.1 Å². The van der Waals surface area contributed by atoms with Crippen LogP contribution >= 0.6 is 0 Å². The fraction of sp³-hybridized carbons (Fsp3) is 0.231. The monoisotopic (exact) mass is 282 g/mol. The molecule has 0 bridgehead atoms. The van der Waals surface area contributed by atoms with Gasteiger partial charge in [0.15, 0.2) is 11.6 Å². The van der Waals surface area contributed by atoms with Gasteiger partial charge >= 0.3 is 12.0 Å². The van der Waals surface area contributed by atoms with Gasteiger partial charge in [-0.05, 0) is 12.1 Å². The Morgan fingerprint density at radius 2 is 2.25 bits per heavy atom. The number of urea groups is 1. The smallest absolute Gasteiger partial charge is 0.323 e. The molecular weight excluding hydrogens is 267 g/mol. The van der Waals surface area contributed by atoms with Gasteiger partial charge in [-0.25, -0.2) is 9.18 Å². The lowest BCUT2D eigenvalue weighted by molar-refractivity contribution is -0.137. The van der Waals surface area contributed by atoms with E-state index < -0.39 is 24.4 Å². The van der Waals surface area contributed by atoms with Crippen LogP contribution in [0.5, 0.6) is 5.75 Å². The summed E-state index contributed by atoms with van der Waals surface area (Å²) < 4.78 is 18.0. The van der Waals surface area contributed by atoms with E-state index in [1.54, 1.807) is 0 Å². The molecule has 0 fully saturated rings. The number of carbonyl (C=O) groups is 2. The zero-order chi connectivity index (χ0) is 15.1. The standard InChI is InChI=1S/C13H15FN2O4/c1-3-6-16(8-12(17)18)13(19)15-9-4-5-10(14)11(7-9)20-2/h3-5,7H,1,6,8H2,2H3,(H,15,19)(H,17,18). The number of ether oxygens (including phenoxy) is 1. The molecular formula is C13H15FN2O4. The number of carboxylic acids is 1. The van der Waals surface area contributed by atoms with Gasteiger partial charge in [-0.3, -0.25) is 4.79 Å². The Hall–Kier alpha value is -2.57. The summed E-state index contributed by atoms with van der Waals surface area (Å²) in [7, 11) is 1.30. The lowest BCUT2D eigenvalue weighted by Crippen LogP contribution is -2.38. The second-order valence-electron chi connectivity index (χ2n) is 3.84. The molecule has 7 heteroatoms. The average Bonchev–Trinajstić information content (AvgIpc) is 2.40. The fourth-order valence-corrected chi connectivity index (χ4v) is 1.48. The molecule has 0 spiro atoms. The van der Waals surface area contributed by atoms with Crippen molar-refractivity contribution in [2.75, 3.05) is 25.5 Å². The second kappa shape index (κ2) is 7.13. The van der Waals surface area contributed by atoms with Gasteiger partial charge in [0.25, 0.3) is 0 Å². The predicted octanol–water partition coefficient (Wildman–Crippen LogP) is 1.94. The molecule has 20 heavy (non-hydrogen) atoms. The number of amides is 2. The first-order chi connectivity index (χ1) is 9.47. The van der Waals surface area contributed by atoms with Crippen LogP contribution in [0.4, 0.5) is 14.9 Å². The predicted molar refractivity (Wildman–Crippen MR) is 71.4 cm³/mol. The van der Waals surface area contributed by atoms with E-state index in [0.717, 1.165) is 11.0 Å². The molecule has 0 saturated heterocycles. The fourth-order valence-electron chi connectivity index (χ4n) is 1.48. The van der Waals surface area contributed by atoms with Gasteiger partial charge in [-0.15, -0.1) is 6.58 Å². The van der Waals surface area contributed by atoms with Crippen molar-refractivity contribution < 1.29 is 23.8 Å². The number of aliphatic carboxylic acids is 1. The third kappa shape index (κ3) is 4.27. The average molecular weight is 282 g/mol. The quantitative estimate of drug-likeness (QED) is 0.781. The van der Waals surface area contributed by atoms with Crippen LogP contribution < -0.4 is 10.1 Å². The summed E-state index contributed by atoms with van der Waals surface area (Å²) >= 11 is 0. The number of hydrogen-bond donors (Lipinski definition) is 2. The number of methoxy groups -OCH3 is 1. The SMILES string of the molecule is C=CCN(CC(=O)O)C(=O)Nc1ccc(F)c(OC)c1. The molecule has 6 nitrogen and oxygen atoms in total. The number of rotatable bonds is 6. The van der Waals surface area contributed by atoms with Crippen LogP contribution in [-0.4, -0.2) is 42.2 Å². The topological polar surface area (TPSA) is 78.9 Å². The van der Waals surface area contributed by atoms with E-state index in [2.05, 4.69) is 11.9 Å². The zero-order valence-electron chi connectivity index (χ0n) is 10.9. The van der Waals surface area contributed by atoms with E-state index in [4.69, 9.17) is 9.84 Å². The van der Waals surface area contributed by atoms with Gasteiger partial charge in [-0.1, -0.05) is 6.08 Å². The third-order valence-electron chi connectivity index (χ3n) is 2.37. The highest BCUT2D eigenvalue weighted by Crippen LogP contribution is 2.21. The highest BCUT2D eigenvalue weighted by Gasteiger charge is 2.16. The normalized spacial score (nSPS) is 9.70. The third-order valence-corrected chi connectivity index (χ3v) is 2.37. The molecule has 0 aliphatic heterocycles. The van der Waals surface area contributed by atoms with Crippen LogP contribution in [0.15, 0.2) is 30.9 Å². The molecule has 1 aromatic rings. The van der Waals surface area contributed by atoms with Crippen LogP contribution in [0.25, 0.3) is 0 Å². The van der Waals surface area contributed by atoms with Gasteiger partial charge in [-0.2, -0.15) is 0 Å². The largest absolute Gasteiger partial charge is 0.494 e. The molecule has 0 heterocycles. The number of nitrogens with one attached hydrogen (secondary N) is 1. The minimum absolute atomic E-state index is 0.0173. The molecule has 2 N–H and O–H groups in total. The maximum absolute atomic E-state index is 13.2. The van der Waals surface area contributed by atoms with Crippen LogP contribution in [-0.2, 0) is 4.79 Å². The molecule has 0 aromatic heterocycles. The summed E-state index contributed by atoms with van der Waals surface area (Å²) in [5.74, 6) is -1.71. The molecule has 0 saturated carbocycles. The summed E-state index contributed by atoms with van der Waals surface area (Å²) in [6, 6.07) is 3.17. The molecule has 0 aliphatic rings. The van der Waals surface area contributed by atoms with Gasteiger partial charge in [0.05, 0.1) is 7.11 Å². The molecule has 0 unspecified atom stereocenters.